The van der Waals surface area contributed by atoms with E-state index in [1.807, 2.05) is 23.4 Å². The lowest BCUT2D eigenvalue weighted by molar-refractivity contribution is 0.0634. The minimum Gasteiger partial charge on any atom is -0.337 e. The Labute approximate surface area is 193 Å². The summed E-state index contributed by atoms with van der Waals surface area (Å²) in [4.78, 5) is 22.9. The van der Waals surface area contributed by atoms with E-state index in [0.29, 0.717) is 6.04 Å². The number of hydrogen-bond acceptors (Lipinski definition) is 3. The molecule has 5 heteroatoms. The fraction of sp³-hybridized carbons (Fsp3) is 0.630. The lowest BCUT2D eigenvalue weighted by Gasteiger charge is -2.36. The first-order chi connectivity index (χ1) is 15.6. The highest BCUT2D eigenvalue weighted by molar-refractivity contribution is 5.94. The van der Waals surface area contributed by atoms with Crippen LogP contribution in [0.25, 0.3) is 11.4 Å². The number of aromatic nitrogens is 2. The Morgan fingerprint density at radius 3 is 2.53 bits per heavy atom. The van der Waals surface area contributed by atoms with Crippen LogP contribution in [0.3, 0.4) is 0 Å². The number of unbranched alkanes of at least 4 members (excludes halogenated alkanes) is 3. The van der Waals surface area contributed by atoms with Crippen molar-refractivity contribution in [1.82, 2.24) is 19.4 Å². The Bertz CT molecular complexity index is 904. The van der Waals surface area contributed by atoms with Crippen LogP contribution in [-0.4, -0.2) is 57.5 Å². The van der Waals surface area contributed by atoms with Crippen molar-refractivity contribution < 1.29 is 4.79 Å². The molecule has 1 aromatic heterocycles. The van der Waals surface area contributed by atoms with Gasteiger partial charge in [0.1, 0.15) is 11.5 Å². The van der Waals surface area contributed by atoms with Crippen molar-refractivity contribution in [2.75, 3.05) is 26.2 Å². The summed E-state index contributed by atoms with van der Waals surface area (Å²) in [7, 11) is 1.99. The van der Waals surface area contributed by atoms with Gasteiger partial charge in [0, 0.05) is 31.7 Å². The number of rotatable bonds is 8. The fourth-order valence-electron chi connectivity index (χ4n) is 5.50. The highest BCUT2D eigenvalue weighted by atomic mass is 16.2. The van der Waals surface area contributed by atoms with Crippen LogP contribution in [0.2, 0.25) is 0 Å². The average Bonchev–Trinajstić information content (AvgIpc) is 3.45. The number of nitrogens with zero attached hydrogens (tertiary/aromatic N) is 4. The van der Waals surface area contributed by atoms with E-state index in [4.69, 9.17) is 4.98 Å². The highest BCUT2D eigenvalue weighted by Crippen LogP contribution is 2.26. The van der Waals surface area contributed by atoms with Gasteiger partial charge in [-0.15, -0.1) is 0 Å². The largest absolute Gasteiger partial charge is 0.337 e. The summed E-state index contributed by atoms with van der Waals surface area (Å²) in [6.45, 7) is 8.41. The van der Waals surface area contributed by atoms with E-state index in [0.717, 1.165) is 55.1 Å². The average molecular weight is 437 g/mol. The zero-order chi connectivity index (χ0) is 22.5. The Hall–Kier alpha value is -2.14. The molecule has 0 N–H and O–H groups in total. The molecule has 1 amide bonds. The maximum Gasteiger partial charge on any atom is 0.272 e. The highest BCUT2D eigenvalue weighted by Gasteiger charge is 2.31. The maximum atomic E-state index is 13.4. The van der Waals surface area contributed by atoms with Gasteiger partial charge in [-0.3, -0.25) is 4.79 Å². The van der Waals surface area contributed by atoms with E-state index in [-0.39, 0.29) is 5.91 Å². The van der Waals surface area contributed by atoms with Gasteiger partial charge in [0.25, 0.3) is 5.91 Å². The number of carbonyl (C=O) groups is 1. The van der Waals surface area contributed by atoms with Crippen molar-refractivity contribution in [1.29, 1.82) is 0 Å². The Morgan fingerprint density at radius 1 is 1.06 bits per heavy atom. The van der Waals surface area contributed by atoms with Gasteiger partial charge in [0.2, 0.25) is 0 Å². The molecule has 2 fully saturated rings. The SMILES string of the molecule is CCCCCCc1cccc(-c2nc(C)c(C(=O)N3CCC(N4CCCC4)CC3)n2C)c1. The van der Waals surface area contributed by atoms with Gasteiger partial charge < -0.3 is 14.4 Å². The molecule has 0 radical (unpaired) electrons. The van der Waals surface area contributed by atoms with Crippen LogP contribution in [0, 0.1) is 6.92 Å². The van der Waals surface area contributed by atoms with E-state index in [9.17, 15) is 4.79 Å². The topological polar surface area (TPSA) is 41.4 Å². The van der Waals surface area contributed by atoms with Crippen molar-refractivity contribution in [2.45, 2.75) is 77.7 Å². The number of piperidine rings is 1. The summed E-state index contributed by atoms with van der Waals surface area (Å²) in [5, 5.41) is 0. The van der Waals surface area contributed by atoms with E-state index < -0.39 is 0 Å². The molecule has 2 aliphatic rings. The number of carbonyl (C=O) groups excluding carboxylic acids is 1. The molecule has 2 aromatic rings. The summed E-state index contributed by atoms with van der Waals surface area (Å²) in [5.74, 6) is 1.03. The molecular weight excluding hydrogens is 396 g/mol. The van der Waals surface area contributed by atoms with Crippen LogP contribution in [0.1, 0.15) is 80.0 Å². The normalized spacial score (nSPS) is 17.9. The zero-order valence-electron chi connectivity index (χ0n) is 20.3. The van der Waals surface area contributed by atoms with Gasteiger partial charge in [-0.25, -0.2) is 4.98 Å². The van der Waals surface area contributed by atoms with Crippen molar-refractivity contribution in [3.8, 4) is 11.4 Å². The van der Waals surface area contributed by atoms with Crippen molar-refractivity contribution >= 4 is 5.91 Å². The smallest absolute Gasteiger partial charge is 0.272 e. The third-order valence-corrected chi connectivity index (χ3v) is 7.38. The molecular formula is C27H40N4O. The van der Waals surface area contributed by atoms with Gasteiger partial charge in [-0.2, -0.15) is 0 Å². The molecule has 0 atom stereocenters. The molecule has 2 aliphatic heterocycles. The van der Waals surface area contributed by atoms with E-state index >= 15 is 0 Å². The Morgan fingerprint density at radius 2 is 1.81 bits per heavy atom. The minimum absolute atomic E-state index is 0.138. The van der Waals surface area contributed by atoms with Gasteiger partial charge >= 0.3 is 0 Å². The lowest BCUT2D eigenvalue weighted by atomic mass is 10.0. The summed E-state index contributed by atoms with van der Waals surface area (Å²) in [6, 6.07) is 9.36. The Balaban J connectivity index is 1.44. The Kier molecular flexibility index (Phi) is 7.67. The molecule has 1 aromatic carbocycles. The first-order valence-electron chi connectivity index (χ1n) is 12.7. The van der Waals surface area contributed by atoms with Crippen LogP contribution < -0.4 is 0 Å². The summed E-state index contributed by atoms with van der Waals surface area (Å²) < 4.78 is 2.01. The summed E-state index contributed by atoms with van der Waals surface area (Å²) >= 11 is 0. The van der Waals surface area contributed by atoms with Gasteiger partial charge in [-0.05, 0) is 70.2 Å². The molecule has 3 heterocycles. The van der Waals surface area contributed by atoms with Gasteiger partial charge in [0.05, 0.1) is 5.69 Å². The predicted octanol–water partition coefficient (Wildman–Crippen LogP) is 5.22. The zero-order valence-corrected chi connectivity index (χ0v) is 20.3. The number of aryl methyl sites for hydroxylation is 2. The van der Waals surface area contributed by atoms with Crippen LogP contribution in [-0.2, 0) is 13.5 Å². The number of imidazole rings is 1. The molecule has 0 saturated carbocycles. The van der Waals surface area contributed by atoms with Crippen LogP contribution in [0.15, 0.2) is 24.3 Å². The standard InChI is InChI=1S/C27H40N4O/c1-4-5-6-7-11-22-12-10-13-23(20-22)26-28-21(2)25(29(26)3)27(32)31-18-14-24(15-19-31)30-16-8-9-17-30/h10,12-13,20,24H,4-9,11,14-19H2,1-3H3. The van der Waals surface area contributed by atoms with E-state index in [2.05, 4.69) is 36.1 Å². The first-order valence-corrected chi connectivity index (χ1v) is 12.7. The second kappa shape index (κ2) is 10.7. The lowest BCUT2D eigenvalue weighted by Crippen LogP contribution is -2.46. The molecule has 32 heavy (non-hydrogen) atoms. The third kappa shape index (κ3) is 5.09. The number of hydrogen-bond donors (Lipinski definition) is 0. The summed E-state index contributed by atoms with van der Waals surface area (Å²) in [6.07, 6.45) is 11.0. The molecule has 0 spiro atoms. The molecule has 174 valence electrons. The molecule has 4 rings (SSSR count). The molecule has 2 saturated heterocycles. The quantitative estimate of drug-likeness (QED) is 0.533. The van der Waals surface area contributed by atoms with Gasteiger partial charge in [-0.1, -0.05) is 44.4 Å². The van der Waals surface area contributed by atoms with E-state index in [1.54, 1.807) is 0 Å². The predicted molar refractivity (Wildman–Crippen MR) is 131 cm³/mol. The summed E-state index contributed by atoms with van der Waals surface area (Å²) in [5.41, 5.74) is 4.04. The molecule has 0 unspecified atom stereocenters. The third-order valence-electron chi connectivity index (χ3n) is 7.38. The maximum absolute atomic E-state index is 13.4. The van der Waals surface area contributed by atoms with Crippen molar-refractivity contribution in [2.24, 2.45) is 7.05 Å². The second-order valence-electron chi connectivity index (χ2n) is 9.71. The molecule has 5 nitrogen and oxygen atoms in total. The number of amides is 1. The first kappa shape index (κ1) is 23.0. The number of likely N-dealkylation sites (tertiary alicyclic amines) is 2. The van der Waals surface area contributed by atoms with Crippen LogP contribution in [0.4, 0.5) is 0 Å². The second-order valence-corrected chi connectivity index (χ2v) is 9.71. The van der Waals surface area contributed by atoms with Gasteiger partial charge in [0.15, 0.2) is 0 Å². The van der Waals surface area contributed by atoms with Crippen molar-refractivity contribution in [3.05, 3.63) is 41.2 Å². The molecule has 0 aliphatic carbocycles. The monoisotopic (exact) mass is 436 g/mol. The fourth-order valence-corrected chi connectivity index (χ4v) is 5.50. The van der Waals surface area contributed by atoms with Crippen LogP contribution in [0.5, 0.6) is 0 Å². The molecule has 0 bridgehead atoms. The van der Waals surface area contributed by atoms with Crippen molar-refractivity contribution in [3.63, 3.8) is 0 Å². The minimum atomic E-state index is 0.138. The number of benzene rings is 1. The van der Waals surface area contributed by atoms with Crippen LogP contribution >= 0.6 is 0 Å². The van der Waals surface area contributed by atoms with E-state index in [1.165, 1.54) is 57.2 Å².